The Morgan fingerprint density at radius 3 is 2.59 bits per heavy atom. The average Bonchev–Trinajstić information content (AvgIpc) is 3.23. The number of aromatic nitrogens is 3. The molecule has 0 unspecified atom stereocenters. The number of pyridine rings is 1. The number of Topliss-reactive ketones (excluding diaryl/α,β-unsaturated/α-hetero) is 1. The standard InChI is InChI=1S/C22H19N3O3S/c1-14-7-8-16(11-15(14)2)19(26)13-24-18-6-3-9-23-20(18)21(27)25(22(24)28)12-17-5-4-10-29-17/h3-11H,12-13H2,1-2H3. The normalized spacial score (nSPS) is 11.1. The summed E-state index contributed by atoms with van der Waals surface area (Å²) in [5, 5.41) is 1.89. The van der Waals surface area contributed by atoms with E-state index in [2.05, 4.69) is 4.98 Å². The van der Waals surface area contributed by atoms with E-state index in [0.717, 1.165) is 20.6 Å². The molecule has 0 aliphatic carbocycles. The first-order valence-corrected chi connectivity index (χ1v) is 10.0. The van der Waals surface area contributed by atoms with Crippen molar-refractivity contribution >= 4 is 28.2 Å². The fourth-order valence-electron chi connectivity index (χ4n) is 3.24. The summed E-state index contributed by atoms with van der Waals surface area (Å²) in [6.07, 6.45) is 1.51. The van der Waals surface area contributed by atoms with Crippen molar-refractivity contribution in [3.63, 3.8) is 0 Å². The molecule has 29 heavy (non-hydrogen) atoms. The first-order valence-electron chi connectivity index (χ1n) is 9.17. The van der Waals surface area contributed by atoms with Gasteiger partial charge in [0.1, 0.15) is 0 Å². The molecule has 1 aromatic carbocycles. The van der Waals surface area contributed by atoms with E-state index in [9.17, 15) is 14.4 Å². The molecule has 0 N–H and O–H groups in total. The molecular weight excluding hydrogens is 386 g/mol. The number of rotatable bonds is 5. The molecule has 0 aliphatic heterocycles. The van der Waals surface area contributed by atoms with Gasteiger partial charge in [0, 0.05) is 16.6 Å². The molecule has 3 aromatic heterocycles. The number of ketones is 1. The smallest absolute Gasteiger partial charge is 0.292 e. The highest BCUT2D eigenvalue weighted by molar-refractivity contribution is 7.09. The van der Waals surface area contributed by atoms with Gasteiger partial charge < -0.3 is 0 Å². The average molecular weight is 405 g/mol. The zero-order valence-electron chi connectivity index (χ0n) is 16.1. The summed E-state index contributed by atoms with van der Waals surface area (Å²) >= 11 is 1.46. The van der Waals surface area contributed by atoms with E-state index >= 15 is 0 Å². The van der Waals surface area contributed by atoms with Crippen molar-refractivity contribution in [1.82, 2.24) is 14.1 Å². The van der Waals surface area contributed by atoms with Crippen LogP contribution in [-0.2, 0) is 13.1 Å². The van der Waals surface area contributed by atoms with Crippen LogP contribution in [-0.4, -0.2) is 19.9 Å². The first-order chi connectivity index (χ1) is 14.0. The summed E-state index contributed by atoms with van der Waals surface area (Å²) in [6.45, 7) is 3.92. The topological polar surface area (TPSA) is 74.0 Å². The molecule has 4 aromatic rings. The fourth-order valence-corrected chi connectivity index (χ4v) is 3.94. The zero-order valence-corrected chi connectivity index (χ0v) is 16.9. The van der Waals surface area contributed by atoms with Crippen molar-refractivity contribution in [3.05, 3.63) is 96.4 Å². The largest absolute Gasteiger partial charge is 0.332 e. The maximum atomic E-state index is 13.2. The van der Waals surface area contributed by atoms with E-state index in [4.69, 9.17) is 0 Å². The van der Waals surface area contributed by atoms with Gasteiger partial charge in [0.15, 0.2) is 11.3 Å². The zero-order chi connectivity index (χ0) is 20.5. The molecule has 0 aliphatic rings. The van der Waals surface area contributed by atoms with Crippen LogP contribution in [0.1, 0.15) is 26.4 Å². The summed E-state index contributed by atoms with van der Waals surface area (Å²) < 4.78 is 2.49. The van der Waals surface area contributed by atoms with Gasteiger partial charge in [0.05, 0.1) is 18.6 Å². The van der Waals surface area contributed by atoms with Gasteiger partial charge in [-0.2, -0.15) is 0 Å². The van der Waals surface area contributed by atoms with Gasteiger partial charge in [0.25, 0.3) is 5.56 Å². The lowest BCUT2D eigenvalue weighted by atomic mass is 10.0. The number of aryl methyl sites for hydroxylation is 2. The molecule has 6 nitrogen and oxygen atoms in total. The molecule has 0 fully saturated rings. The van der Waals surface area contributed by atoms with Crippen molar-refractivity contribution < 1.29 is 4.79 Å². The van der Waals surface area contributed by atoms with Crippen LogP contribution < -0.4 is 11.2 Å². The first kappa shape index (κ1) is 19.0. The number of fused-ring (bicyclic) bond motifs is 1. The highest BCUT2D eigenvalue weighted by Crippen LogP contribution is 2.13. The molecule has 0 saturated carbocycles. The van der Waals surface area contributed by atoms with Gasteiger partial charge in [0.2, 0.25) is 0 Å². The lowest BCUT2D eigenvalue weighted by Gasteiger charge is -2.13. The number of carbonyl (C=O) groups is 1. The van der Waals surface area contributed by atoms with Gasteiger partial charge in [-0.15, -0.1) is 11.3 Å². The van der Waals surface area contributed by atoms with Crippen LogP contribution in [0.25, 0.3) is 11.0 Å². The Kier molecular flexibility index (Phi) is 4.98. The molecule has 0 bridgehead atoms. The third-order valence-corrected chi connectivity index (χ3v) is 5.87. The summed E-state index contributed by atoms with van der Waals surface area (Å²) in [5.74, 6) is -0.193. The Morgan fingerprint density at radius 1 is 1.03 bits per heavy atom. The van der Waals surface area contributed by atoms with Crippen LogP contribution in [0.5, 0.6) is 0 Å². The Balaban J connectivity index is 1.84. The van der Waals surface area contributed by atoms with Crippen molar-refractivity contribution in [1.29, 1.82) is 0 Å². The van der Waals surface area contributed by atoms with Gasteiger partial charge in [-0.05, 0) is 54.6 Å². The summed E-state index contributed by atoms with van der Waals surface area (Å²) in [6, 6.07) is 12.5. The minimum atomic E-state index is -0.513. The molecule has 4 rings (SSSR count). The number of hydrogen-bond acceptors (Lipinski definition) is 5. The van der Waals surface area contributed by atoms with Gasteiger partial charge in [-0.1, -0.05) is 18.2 Å². The van der Waals surface area contributed by atoms with Gasteiger partial charge in [-0.25, -0.2) is 9.78 Å². The van der Waals surface area contributed by atoms with Gasteiger partial charge >= 0.3 is 5.69 Å². The van der Waals surface area contributed by atoms with E-state index in [-0.39, 0.29) is 24.4 Å². The number of benzene rings is 1. The Bertz CT molecular complexity index is 1330. The minimum Gasteiger partial charge on any atom is -0.292 e. The second-order valence-electron chi connectivity index (χ2n) is 6.93. The number of thiophene rings is 1. The second kappa shape index (κ2) is 7.60. The monoisotopic (exact) mass is 405 g/mol. The molecule has 0 atom stereocenters. The maximum Gasteiger partial charge on any atom is 0.332 e. The lowest BCUT2D eigenvalue weighted by molar-refractivity contribution is 0.0971. The van der Waals surface area contributed by atoms with E-state index in [1.54, 1.807) is 18.2 Å². The van der Waals surface area contributed by atoms with E-state index in [0.29, 0.717) is 11.1 Å². The molecule has 0 radical (unpaired) electrons. The van der Waals surface area contributed by atoms with Crippen LogP contribution in [0.2, 0.25) is 0 Å². The SMILES string of the molecule is Cc1ccc(C(=O)Cn2c(=O)n(Cc3cccs3)c(=O)c3ncccc32)cc1C. The fraction of sp³-hybridized carbons (Fsp3) is 0.182. The highest BCUT2D eigenvalue weighted by Gasteiger charge is 2.17. The van der Waals surface area contributed by atoms with Crippen LogP contribution in [0.3, 0.4) is 0 Å². The van der Waals surface area contributed by atoms with Crippen molar-refractivity contribution in [2.45, 2.75) is 26.9 Å². The maximum absolute atomic E-state index is 13.2. The van der Waals surface area contributed by atoms with Crippen molar-refractivity contribution in [2.75, 3.05) is 0 Å². The van der Waals surface area contributed by atoms with Crippen molar-refractivity contribution in [3.8, 4) is 0 Å². The molecular formula is C22H19N3O3S. The van der Waals surface area contributed by atoms with E-state index in [1.807, 2.05) is 43.5 Å². The highest BCUT2D eigenvalue weighted by atomic mass is 32.1. The number of hydrogen-bond donors (Lipinski definition) is 0. The minimum absolute atomic E-state index is 0.152. The number of carbonyl (C=O) groups excluding carboxylic acids is 1. The third kappa shape index (κ3) is 3.56. The van der Waals surface area contributed by atoms with Crippen molar-refractivity contribution in [2.24, 2.45) is 0 Å². The quantitative estimate of drug-likeness (QED) is 0.478. The Morgan fingerprint density at radius 2 is 1.86 bits per heavy atom. The Hall–Kier alpha value is -3.32. The molecule has 7 heteroatoms. The van der Waals surface area contributed by atoms with E-state index in [1.165, 1.54) is 22.1 Å². The molecule has 0 saturated heterocycles. The van der Waals surface area contributed by atoms with Gasteiger partial charge in [-0.3, -0.25) is 18.7 Å². The molecule has 0 spiro atoms. The Labute approximate surface area is 170 Å². The third-order valence-electron chi connectivity index (χ3n) is 5.01. The summed E-state index contributed by atoms with van der Waals surface area (Å²) in [5.41, 5.74) is 2.22. The van der Waals surface area contributed by atoms with Crippen LogP contribution in [0, 0.1) is 13.8 Å². The predicted molar refractivity (Wildman–Crippen MR) is 114 cm³/mol. The summed E-state index contributed by atoms with van der Waals surface area (Å²) in [7, 11) is 0. The number of nitrogens with zero attached hydrogens (tertiary/aromatic N) is 3. The lowest BCUT2D eigenvalue weighted by Crippen LogP contribution is -2.41. The molecule has 3 heterocycles. The predicted octanol–water partition coefficient (Wildman–Crippen LogP) is 3.17. The van der Waals surface area contributed by atoms with Crippen LogP contribution in [0.4, 0.5) is 0 Å². The molecule has 0 amide bonds. The second-order valence-corrected chi connectivity index (χ2v) is 7.96. The molecule has 146 valence electrons. The summed E-state index contributed by atoms with van der Waals surface area (Å²) in [4.78, 5) is 44.0. The van der Waals surface area contributed by atoms with Crippen LogP contribution in [0.15, 0.2) is 63.6 Å². The van der Waals surface area contributed by atoms with Crippen LogP contribution >= 0.6 is 11.3 Å². The van der Waals surface area contributed by atoms with E-state index < -0.39 is 11.2 Å².